The topological polar surface area (TPSA) is 29.5 Å². The maximum atomic E-state index is 13.5. The molecule has 1 aromatic rings. The summed E-state index contributed by atoms with van der Waals surface area (Å²) in [5.74, 6) is -0.201. The number of rotatable bonds is 2. The summed E-state index contributed by atoms with van der Waals surface area (Å²) in [6.45, 7) is 1.47. The van der Waals surface area contributed by atoms with Gasteiger partial charge in [-0.3, -0.25) is 4.79 Å². The van der Waals surface area contributed by atoms with Gasteiger partial charge in [0.1, 0.15) is 11.6 Å². The summed E-state index contributed by atoms with van der Waals surface area (Å²) in [6, 6.07) is 2.73. The van der Waals surface area contributed by atoms with E-state index in [0.717, 1.165) is 32.4 Å². The molecule has 0 bridgehead atoms. The van der Waals surface area contributed by atoms with Crippen LogP contribution in [0, 0.1) is 5.82 Å². The third-order valence-electron chi connectivity index (χ3n) is 3.12. The predicted octanol–water partition coefficient (Wildman–Crippen LogP) is 3.22. The molecular weight excluding hydrogens is 301 g/mol. The van der Waals surface area contributed by atoms with Crippen LogP contribution in [0.1, 0.15) is 29.6 Å². The van der Waals surface area contributed by atoms with E-state index in [2.05, 4.69) is 15.9 Å². The predicted molar refractivity (Wildman–Crippen MR) is 70.4 cm³/mol. The Morgan fingerprint density at radius 3 is 2.61 bits per heavy atom. The lowest BCUT2D eigenvalue weighted by molar-refractivity contribution is 0.0720. The van der Waals surface area contributed by atoms with Crippen LogP contribution in [-0.2, 0) is 0 Å². The van der Waals surface area contributed by atoms with Crippen molar-refractivity contribution in [3.05, 3.63) is 28.0 Å². The number of carbonyl (C=O) groups is 1. The van der Waals surface area contributed by atoms with Crippen molar-refractivity contribution in [1.29, 1.82) is 0 Å². The largest absolute Gasteiger partial charge is 0.496 e. The van der Waals surface area contributed by atoms with Crippen LogP contribution >= 0.6 is 15.9 Å². The molecule has 3 nitrogen and oxygen atoms in total. The fourth-order valence-electron chi connectivity index (χ4n) is 2.13. The van der Waals surface area contributed by atoms with Gasteiger partial charge in [0.05, 0.1) is 17.1 Å². The van der Waals surface area contributed by atoms with Gasteiger partial charge in [-0.15, -0.1) is 0 Å². The number of likely N-dealkylation sites (tertiary alicyclic amines) is 1. The van der Waals surface area contributed by atoms with E-state index in [0.29, 0.717) is 15.8 Å². The summed E-state index contributed by atoms with van der Waals surface area (Å²) in [7, 11) is 1.48. The Hall–Kier alpha value is -1.10. The number of ether oxygens (including phenoxy) is 1. The van der Waals surface area contributed by atoms with E-state index in [1.54, 1.807) is 4.90 Å². The highest BCUT2D eigenvalue weighted by Gasteiger charge is 2.22. The average molecular weight is 316 g/mol. The molecule has 1 aromatic carbocycles. The van der Waals surface area contributed by atoms with Gasteiger partial charge < -0.3 is 9.64 Å². The van der Waals surface area contributed by atoms with Gasteiger partial charge in [-0.25, -0.2) is 4.39 Å². The normalized spacial score (nSPS) is 15.6. The minimum atomic E-state index is -0.448. The third-order valence-corrected chi connectivity index (χ3v) is 3.72. The second-order valence-electron chi connectivity index (χ2n) is 4.32. The van der Waals surface area contributed by atoms with Crippen molar-refractivity contribution in [1.82, 2.24) is 4.90 Å². The first-order valence-electron chi connectivity index (χ1n) is 5.96. The molecule has 98 valence electrons. The highest BCUT2D eigenvalue weighted by Crippen LogP contribution is 2.28. The first kappa shape index (κ1) is 13.3. The second-order valence-corrected chi connectivity index (χ2v) is 5.17. The Labute approximate surface area is 114 Å². The molecule has 0 saturated carbocycles. The van der Waals surface area contributed by atoms with Gasteiger partial charge in [0.15, 0.2) is 0 Å². The van der Waals surface area contributed by atoms with Crippen LogP contribution in [0.3, 0.4) is 0 Å². The molecule has 5 heteroatoms. The molecule has 1 aliphatic heterocycles. The number of piperidine rings is 1. The summed E-state index contributed by atoms with van der Waals surface area (Å²) >= 11 is 3.09. The fourth-order valence-corrected chi connectivity index (χ4v) is 2.45. The number of hydrogen-bond donors (Lipinski definition) is 0. The van der Waals surface area contributed by atoms with Crippen LogP contribution < -0.4 is 4.74 Å². The summed E-state index contributed by atoms with van der Waals surface area (Å²) in [5.41, 5.74) is 0.292. The summed E-state index contributed by atoms with van der Waals surface area (Å²) < 4.78 is 19.0. The molecule has 0 N–H and O–H groups in total. The van der Waals surface area contributed by atoms with Crippen LogP contribution in [0.2, 0.25) is 0 Å². The molecule has 2 rings (SSSR count). The summed E-state index contributed by atoms with van der Waals surface area (Å²) in [5, 5.41) is 0. The average Bonchev–Trinajstić information content (AvgIpc) is 2.41. The van der Waals surface area contributed by atoms with Crippen molar-refractivity contribution in [3.8, 4) is 5.75 Å². The highest BCUT2D eigenvalue weighted by molar-refractivity contribution is 9.10. The molecule has 1 heterocycles. The number of methoxy groups -OCH3 is 1. The number of hydrogen-bond acceptors (Lipinski definition) is 2. The van der Waals surface area contributed by atoms with Gasteiger partial charge >= 0.3 is 0 Å². The number of amides is 1. The minimum absolute atomic E-state index is 0.155. The maximum absolute atomic E-state index is 13.5. The first-order valence-corrected chi connectivity index (χ1v) is 6.75. The van der Waals surface area contributed by atoms with Crippen molar-refractivity contribution < 1.29 is 13.9 Å². The fraction of sp³-hybridized carbons (Fsp3) is 0.462. The molecule has 0 aliphatic carbocycles. The van der Waals surface area contributed by atoms with E-state index < -0.39 is 5.82 Å². The molecule has 0 radical (unpaired) electrons. The number of nitrogens with zero attached hydrogens (tertiary/aromatic N) is 1. The SMILES string of the molecule is COc1cc(Br)c(F)cc1C(=O)N1CCCCC1. The Morgan fingerprint density at radius 1 is 1.33 bits per heavy atom. The standard InChI is InChI=1S/C13H15BrFNO2/c1-18-12-8-10(14)11(15)7-9(12)13(17)16-5-3-2-4-6-16/h7-8H,2-6H2,1H3. The van der Waals surface area contributed by atoms with Crippen LogP contribution in [0.15, 0.2) is 16.6 Å². The molecule has 1 fully saturated rings. The van der Waals surface area contributed by atoms with Crippen molar-refractivity contribution in [2.45, 2.75) is 19.3 Å². The lowest BCUT2D eigenvalue weighted by atomic mass is 10.1. The van der Waals surface area contributed by atoms with Gasteiger partial charge in [0, 0.05) is 13.1 Å². The zero-order valence-corrected chi connectivity index (χ0v) is 11.8. The van der Waals surface area contributed by atoms with Gasteiger partial charge in [-0.05, 0) is 47.3 Å². The Morgan fingerprint density at radius 2 is 2.00 bits per heavy atom. The van der Waals surface area contributed by atoms with Crippen molar-refractivity contribution in [2.75, 3.05) is 20.2 Å². The second kappa shape index (κ2) is 5.69. The van der Waals surface area contributed by atoms with Crippen LogP contribution in [-0.4, -0.2) is 31.0 Å². The number of halogens is 2. The van der Waals surface area contributed by atoms with E-state index in [1.165, 1.54) is 19.2 Å². The molecule has 1 aliphatic rings. The van der Waals surface area contributed by atoms with E-state index in [9.17, 15) is 9.18 Å². The van der Waals surface area contributed by atoms with Crippen molar-refractivity contribution >= 4 is 21.8 Å². The third kappa shape index (κ3) is 2.66. The Bertz CT molecular complexity index is 459. The maximum Gasteiger partial charge on any atom is 0.257 e. The Balaban J connectivity index is 2.31. The van der Waals surface area contributed by atoms with E-state index >= 15 is 0 Å². The smallest absolute Gasteiger partial charge is 0.257 e. The van der Waals surface area contributed by atoms with E-state index in [1.807, 2.05) is 0 Å². The van der Waals surface area contributed by atoms with Crippen LogP contribution in [0.25, 0.3) is 0 Å². The molecule has 0 atom stereocenters. The molecule has 1 amide bonds. The van der Waals surface area contributed by atoms with E-state index in [-0.39, 0.29) is 5.91 Å². The lowest BCUT2D eigenvalue weighted by Crippen LogP contribution is -2.35. The molecule has 0 spiro atoms. The number of carbonyl (C=O) groups excluding carboxylic acids is 1. The Kier molecular flexibility index (Phi) is 4.22. The first-order chi connectivity index (χ1) is 8.63. The zero-order chi connectivity index (χ0) is 13.1. The van der Waals surface area contributed by atoms with Crippen molar-refractivity contribution in [2.24, 2.45) is 0 Å². The van der Waals surface area contributed by atoms with Gasteiger partial charge in [0.2, 0.25) is 0 Å². The number of benzene rings is 1. The summed E-state index contributed by atoms with van der Waals surface area (Å²) in [4.78, 5) is 14.1. The molecular formula is C13H15BrFNO2. The molecule has 1 saturated heterocycles. The zero-order valence-electron chi connectivity index (χ0n) is 10.2. The van der Waals surface area contributed by atoms with Gasteiger partial charge in [-0.1, -0.05) is 0 Å². The molecule has 18 heavy (non-hydrogen) atoms. The monoisotopic (exact) mass is 315 g/mol. The quantitative estimate of drug-likeness (QED) is 0.838. The van der Waals surface area contributed by atoms with Gasteiger partial charge in [-0.2, -0.15) is 0 Å². The van der Waals surface area contributed by atoms with Crippen molar-refractivity contribution in [3.63, 3.8) is 0 Å². The molecule has 0 aromatic heterocycles. The summed E-state index contributed by atoms with van der Waals surface area (Å²) in [6.07, 6.45) is 3.16. The van der Waals surface area contributed by atoms with Crippen LogP contribution in [0.5, 0.6) is 5.75 Å². The highest BCUT2D eigenvalue weighted by atomic mass is 79.9. The van der Waals surface area contributed by atoms with E-state index in [4.69, 9.17) is 4.74 Å². The van der Waals surface area contributed by atoms with Crippen LogP contribution in [0.4, 0.5) is 4.39 Å². The minimum Gasteiger partial charge on any atom is -0.496 e. The van der Waals surface area contributed by atoms with Gasteiger partial charge in [0.25, 0.3) is 5.91 Å². The lowest BCUT2D eigenvalue weighted by Gasteiger charge is -2.27. The molecule has 0 unspecified atom stereocenters.